The van der Waals surface area contributed by atoms with E-state index in [4.69, 9.17) is 22.4 Å². The second-order valence-corrected chi connectivity index (χ2v) is 93.7. The first-order valence-electron chi connectivity index (χ1n) is 8.67. The third-order valence-corrected chi connectivity index (χ3v) is 112. The molecule has 0 heterocycles. The van der Waals surface area contributed by atoms with Gasteiger partial charge in [-0.1, -0.05) is 0 Å². The van der Waals surface area contributed by atoms with E-state index >= 15 is 0 Å². The summed E-state index contributed by atoms with van der Waals surface area (Å²) in [5.41, 5.74) is 0. The molecule has 0 rings (SSSR count). The first-order valence-corrected chi connectivity index (χ1v) is 78.0. The van der Waals surface area contributed by atoms with Crippen LogP contribution >= 0.6 is 0 Å². The normalized spacial score (nSPS) is 7.77. The standard InChI is InChI=1S/S53/c1-3-5-7-9-11-13-15-17-19-21-23-25-27-29-31-33-35-37-39-41-43-45-47-49-51-53-52-50-48-46-44-42-40-38-36-34-32-30-28-26-24-22-20-18-16-14-12-10-8-6-4-2. The highest BCUT2D eigenvalue weighted by Gasteiger charge is 1.46. The summed E-state index contributed by atoms with van der Waals surface area (Å²) < 4.78 is 0. The highest BCUT2D eigenvalue weighted by molar-refractivity contribution is 8.82. The maximum atomic E-state index is 4.81. The van der Waals surface area contributed by atoms with Crippen LogP contribution in [0.25, 0.3) is 0 Å². The molecule has 0 fully saturated rings. The molecular weight excluding hydrogens is 1700 g/mol. The fourth-order valence-corrected chi connectivity index (χ4v) is 135. The summed E-state index contributed by atoms with van der Waals surface area (Å²) in [6.07, 6.45) is 0. The fraction of sp³-hybridized carbons (Fsp3) is 0. The number of hydrogen-bond donors (Lipinski definition) is 0. The molecule has 0 amide bonds. The van der Waals surface area contributed by atoms with E-state index in [1.807, 2.05) is 329 Å². The van der Waals surface area contributed by atoms with Crippen molar-refractivity contribution in [2.75, 3.05) is 0 Å². The lowest BCUT2D eigenvalue weighted by molar-refractivity contribution is 5.95. The zero-order chi connectivity index (χ0) is 38.1. The summed E-state index contributed by atoms with van der Waals surface area (Å²) in [6, 6.07) is 0. The van der Waals surface area contributed by atoms with Crippen molar-refractivity contribution in [2.45, 2.75) is 0 Å². The molecule has 0 N–H and O–H groups in total. The Morgan fingerprint density at radius 1 is 0.0943 bits per heavy atom. The first kappa shape index (κ1) is 64.7. The first-order chi connectivity index (χ1) is 26.4. The van der Waals surface area contributed by atoms with Crippen LogP contribution in [-0.4, -0.2) is 0 Å². The maximum Gasteiger partial charge on any atom is 0 e. The Kier molecular flexibility index (Phi) is 77.7. The number of rotatable bonds is 0. The van der Waals surface area contributed by atoms with E-state index in [0.29, 0.717) is 0 Å². The van der Waals surface area contributed by atoms with Gasteiger partial charge < -0.3 is 0 Å². The van der Waals surface area contributed by atoms with Gasteiger partial charge in [-0.2, -0.15) is 0 Å². The van der Waals surface area contributed by atoms with E-state index < -0.39 is 0 Å². The van der Waals surface area contributed by atoms with Crippen LogP contribution in [0.5, 0.6) is 0 Å². The molecule has 0 spiro atoms. The molecule has 53 heteroatoms. The average Bonchev–Trinajstić information content (AvgIpc) is 3.17. The summed E-state index contributed by atoms with van der Waals surface area (Å²) in [5, 5.41) is 0. The van der Waals surface area contributed by atoms with Crippen molar-refractivity contribution in [1.29, 1.82) is 0 Å². The van der Waals surface area contributed by atoms with Crippen molar-refractivity contribution in [1.82, 2.24) is 0 Å². The Morgan fingerprint density at radius 3 is 0.208 bits per heavy atom. The minimum absolute atomic E-state index is 1.37. The molecule has 0 aliphatic heterocycles. The Hall–Kier alpha value is 11.7. The summed E-state index contributed by atoms with van der Waals surface area (Å²) in [7, 11) is 91.2. The van der Waals surface area contributed by atoms with Crippen LogP contribution in [0.4, 0.5) is 0 Å². The molecule has 0 saturated heterocycles. The lowest BCUT2D eigenvalue weighted by atomic mass is 30.7. The monoisotopic (exact) mass is 1690 g/mol. The molecule has 0 unspecified atom stereocenters. The second-order valence-electron chi connectivity index (χ2n) is 3.47. The van der Waals surface area contributed by atoms with Crippen LogP contribution in [0.2, 0.25) is 0 Å². The molecule has 0 radical (unpaired) electrons. The topological polar surface area (TPSA) is 0 Å². The summed E-state index contributed by atoms with van der Waals surface area (Å²) in [5.74, 6) is 0. The SMILES string of the molecule is S=S=S=S=S=S=S=S=S=S=S=S=S=S=S=S=S=S=S=S=S=S=S=S=S=S=S=S=S=S=S=S=S=S=S=S=S=S=S=S=S=S=S=S=S=S=S=S=S=S=S=S=S. The minimum Gasteiger partial charge on any atom is 0 e. The number of hydrogen-bond acceptors (Lipinski definition) is 2. The van der Waals surface area contributed by atoms with Gasteiger partial charge in [-0.05, 0) is 0 Å². The fourth-order valence-electron chi connectivity index (χ4n) is 0.556. The molecule has 0 aromatic carbocycles. The van der Waals surface area contributed by atoms with Gasteiger partial charge >= 0.3 is 0 Å². The van der Waals surface area contributed by atoms with E-state index in [-0.39, 0.29) is 0 Å². The van der Waals surface area contributed by atoms with Gasteiger partial charge in [0, 0.05) is 475 Å². The van der Waals surface area contributed by atoms with Gasteiger partial charge in [-0.25, -0.2) is 0 Å². The van der Waals surface area contributed by atoms with Crippen LogP contribution in [0, 0.1) is 0 Å². The predicted octanol–water partition coefficient (Wildman–Crippen LogP) is -0.127. The molecule has 0 bridgehead atoms. The molecule has 53 heavy (non-hydrogen) atoms. The van der Waals surface area contributed by atoms with Gasteiger partial charge in [0.2, 0.25) is 0 Å². The van der Waals surface area contributed by atoms with Crippen molar-refractivity contribution in [3.8, 4) is 0 Å². The van der Waals surface area contributed by atoms with Gasteiger partial charge in [-0.3, -0.25) is 0 Å². The van der Waals surface area contributed by atoms with Gasteiger partial charge in [-0.15, -0.1) is 0 Å². The Bertz CT molecular complexity index is 3440. The molecule has 318 valence electrons. The van der Waals surface area contributed by atoms with Gasteiger partial charge in [0.15, 0.2) is 0 Å². The minimum atomic E-state index is 1.37. The van der Waals surface area contributed by atoms with Gasteiger partial charge in [0.05, 0.1) is 0 Å². The van der Waals surface area contributed by atoms with E-state index in [1.54, 1.807) is 107 Å². The summed E-state index contributed by atoms with van der Waals surface area (Å²) >= 11 is 9.63. The average molecular weight is 1700 g/mol. The highest BCUT2D eigenvalue weighted by atomic mass is 33.5. The molecule has 0 nitrogen and oxygen atoms in total. The van der Waals surface area contributed by atoms with Crippen molar-refractivity contribution >= 4 is 475 Å². The van der Waals surface area contributed by atoms with Crippen molar-refractivity contribution in [3.63, 3.8) is 0 Å². The lowest BCUT2D eigenvalue weighted by Gasteiger charge is -1.41. The molecule has 0 aliphatic carbocycles. The third kappa shape index (κ3) is 63.7. The second kappa shape index (κ2) is 63.7. The van der Waals surface area contributed by atoms with Crippen LogP contribution in [0.15, 0.2) is 0 Å². The van der Waals surface area contributed by atoms with E-state index in [9.17, 15) is 0 Å². The summed E-state index contributed by atoms with van der Waals surface area (Å²) in [4.78, 5) is 0. The zero-order valence-electron chi connectivity index (χ0n) is 21.6. The van der Waals surface area contributed by atoms with E-state index in [0.717, 1.165) is 0 Å². The molecule has 0 aromatic heterocycles. The van der Waals surface area contributed by atoms with Crippen LogP contribution in [-0.2, 0) is 475 Å². The van der Waals surface area contributed by atoms with Crippen molar-refractivity contribution < 1.29 is 0 Å². The third-order valence-electron chi connectivity index (χ3n) is 1.39. The molecule has 0 saturated carbocycles. The molecular formula is S53. The van der Waals surface area contributed by atoms with E-state index in [2.05, 4.69) is 0 Å². The largest absolute Gasteiger partial charge is 0 e. The smallest absolute Gasteiger partial charge is 0 e. The highest BCUT2D eigenvalue weighted by Crippen LogP contribution is 1.45. The predicted molar refractivity (Wildman–Crippen MR) is 390 cm³/mol. The Morgan fingerprint density at radius 2 is 0.151 bits per heavy atom. The zero-order valence-corrected chi connectivity index (χ0v) is 64.9. The Balaban J connectivity index is 6.09. The van der Waals surface area contributed by atoms with Crippen LogP contribution in [0.3, 0.4) is 0 Å². The van der Waals surface area contributed by atoms with E-state index in [1.165, 1.54) is 17.8 Å². The molecule has 0 atom stereocenters. The summed E-state index contributed by atoms with van der Waals surface area (Å²) in [6.45, 7) is 0. The quantitative estimate of drug-likeness (QED) is 0.333. The molecule has 0 aliphatic rings. The molecule has 0 aromatic rings. The van der Waals surface area contributed by atoms with Gasteiger partial charge in [0.25, 0.3) is 0 Å². The van der Waals surface area contributed by atoms with Crippen molar-refractivity contribution in [3.05, 3.63) is 0 Å². The van der Waals surface area contributed by atoms with Crippen LogP contribution < -0.4 is 0 Å². The van der Waals surface area contributed by atoms with Crippen molar-refractivity contribution in [2.24, 2.45) is 0 Å². The van der Waals surface area contributed by atoms with Crippen LogP contribution in [0.1, 0.15) is 0 Å². The maximum absolute atomic E-state index is 4.81. The lowest BCUT2D eigenvalue weighted by Crippen LogP contribution is -1.41. The van der Waals surface area contributed by atoms with Gasteiger partial charge in [0.1, 0.15) is 0 Å². The Labute approximate surface area is 461 Å².